The Morgan fingerprint density at radius 3 is 2.35 bits per heavy atom. The third-order valence-electron chi connectivity index (χ3n) is 4.66. The molecule has 0 spiro atoms. The van der Waals surface area contributed by atoms with Gasteiger partial charge < -0.3 is 0 Å². The Kier molecular flexibility index (Phi) is 6.63. The highest BCUT2D eigenvalue weighted by molar-refractivity contribution is 5.33. The SMILES string of the molecule is CC(C)CCCCCCCc1ccc2c(c1)CCCC2. The van der Waals surface area contributed by atoms with E-state index in [0.29, 0.717) is 0 Å². The van der Waals surface area contributed by atoms with Gasteiger partial charge in [0.15, 0.2) is 0 Å². The van der Waals surface area contributed by atoms with E-state index in [1.165, 1.54) is 70.6 Å². The van der Waals surface area contributed by atoms with Crippen LogP contribution in [0.4, 0.5) is 0 Å². The molecule has 1 aromatic rings. The highest BCUT2D eigenvalue weighted by Gasteiger charge is 2.09. The number of hydrogen-bond acceptors (Lipinski definition) is 0. The predicted octanol–water partition coefficient (Wildman–Crippen LogP) is 6.10. The molecule has 0 bridgehead atoms. The number of unbranched alkanes of at least 4 members (excludes halogenated alkanes) is 4. The molecule has 1 aliphatic rings. The molecule has 0 heterocycles. The summed E-state index contributed by atoms with van der Waals surface area (Å²) in [6.07, 6.45) is 15.2. The van der Waals surface area contributed by atoms with Crippen LogP contribution in [-0.2, 0) is 19.3 Å². The molecular weight excluding hydrogens is 240 g/mol. The van der Waals surface area contributed by atoms with Crippen LogP contribution in [0.2, 0.25) is 0 Å². The summed E-state index contributed by atoms with van der Waals surface area (Å²) in [6, 6.07) is 7.27. The molecule has 0 aromatic heterocycles. The molecule has 112 valence electrons. The molecule has 0 fully saturated rings. The van der Waals surface area contributed by atoms with Gasteiger partial charge in [-0.15, -0.1) is 0 Å². The summed E-state index contributed by atoms with van der Waals surface area (Å²) in [5.74, 6) is 0.880. The fourth-order valence-corrected chi connectivity index (χ4v) is 3.35. The molecule has 0 atom stereocenters. The summed E-state index contributed by atoms with van der Waals surface area (Å²) in [6.45, 7) is 4.66. The lowest BCUT2D eigenvalue weighted by molar-refractivity contribution is 0.515. The first-order valence-electron chi connectivity index (χ1n) is 8.86. The highest BCUT2D eigenvalue weighted by Crippen LogP contribution is 2.23. The van der Waals surface area contributed by atoms with Gasteiger partial charge >= 0.3 is 0 Å². The van der Waals surface area contributed by atoms with Crippen molar-refractivity contribution in [2.45, 2.75) is 84.5 Å². The molecule has 0 aliphatic heterocycles. The summed E-state index contributed by atoms with van der Waals surface area (Å²) >= 11 is 0. The van der Waals surface area contributed by atoms with Gasteiger partial charge in [-0.1, -0.05) is 64.2 Å². The van der Waals surface area contributed by atoms with Crippen molar-refractivity contribution in [3.63, 3.8) is 0 Å². The number of benzene rings is 1. The first kappa shape index (κ1) is 15.6. The van der Waals surface area contributed by atoms with Gasteiger partial charge in [0, 0.05) is 0 Å². The van der Waals surface area contributed by atoms with Crippen LogP contribution >= 0.6 is 0 Å². The Morgan fingerprint density at radius 1 is 0.850 bits per heavy atom. The minimum atomic E-state index is 0.880. The predicted molar refractivity (Wildman–Crippen MR) is 89.3 cm³/mol. The maximum atomic E-state index is 2.49. The lowest BCUT2D eigenvalue weighted by Gasteiger charge is -2.16. The zero-order valence-electron chi connectivity index (χ0n) is 13.6. The average molecular weight is 272 g/mol. The molecule has 1 aromatic carbocycles. The van der Waals surface area contributed by atoms with Crippen molar-refractivity contribution in [1.29, 1.82) is 0 Å². The fraction of sp³-hybridized carbons (Fsp3) is 0.700. The van der Waals surface area contributed by atoms with E-state index in [-0.39, 0.29) is 0 Å². The Hall–Kier alpha value is -0.780. The van der Waals surface area contributed by atoms with E-state index in [1.54, 1.807) is 16.7 Å². The van der Waals surface area contributed by atoms with Crippen LogP contribution in [0.1, 0.15) is 81.9 Å². The zero-order chi connectivity index (χ0) is 14.2. The van der Waals surface area contributed by atoms with Crippen LogP contribution in [-0.4, -0.2) is 0 Å². The van der Waals surface area contributed by atoms with Crippen LogP contribution in [0.25, 0.3) is 0 Å². The third-order valence-corrected chi connectivity index (χ3v) is 4.66. The monoisotopic (exact) mass is 272 g/mol. The number of rotatable bonds is 8. The standard InChI is InChI=1S/C20H32/c1-17(2)10-6-4-3-5-7-11-18-14-15-19-12-8-9-13-20(19)16-18/h14-17H,3-13H2,1-2H3. The summed E-state index contributed by atoms with van der Waals surface area (Å²) in [5, 5.41) is 0. The maximum Gasteiger partial charge on any atom is -0.0276 e. The lowest BCUT2D eigenvalue weighted by atomic mass is 9.89. The minimum Gasteiger partial charge on any atom is -0.0628 e. The van der Waals surface area contributed by atoms with Gasteiger partial charge in [0.25, 0.3) is 0 Å². The quantitative estimate of drug-likeness (QED) is 0.501. The van der Waals surface area contributed by atoms with Crippen LogP contribution in [0.15, 0.2) is 18.2 Å². The minimum absolute atomic E-state index is 0.880. The Morgan fingerprint density at radius 2 is 1.55 bits per heavy atom. The van der Waals surface area contributed by atoms with Gasteiger partial charge in [-0.3, -0.25) is 0 Å². The summed E-state index contributed by atoms with van der Waals surface area (Å²) in [4.78, 5) is 0. The van der Waals surface area contributed by atoms with Crippen LogP contribution in [0.5, 0.6) is 0 Å². The smallest absolute Gasteiger partial charge is 0.0276 e. The molecule has 0 nitrogen and oxygen atoms in total. The van der Waals surface area contributed by atoms with Crippen LogP contribution in [0.3, 0.4) is 0 Å². The molecule has 0 radical (unpaired) electrons. The highest BCUT2D eigenvalue weighted by atomic mass is 14.1. The molecular formula is C20H32. The largest absolute Gasteiger partial charge is 0.0628 e. The van der Waals surface area contributed by atoms with Gasteiger partial charge in [0.2, 0.25) is 0 Å². The lowest BCUT2D eigenvalue weighted by Crippen LogP contribution is -2.03. The first-order chi connectivity index (χ1) is 9.75. The van der Waals surface area contributed by atoms with Crippen molar-refractivity contribution in [3.05, 3.63) is 34.9 Å². The second kappa shape index (κ2) is 8.49. The van der Waals surface area contributed by atoms with Gasteiger partial charge in [0.05, 0.1) is 0 Å². The molecule has 0 amide bonds. The second-order valence-corrected chi connectivity index (χ2v) is 7.01. The van der Waals surface area contributed by atoms with E-state index in [9.17, 15) is 0 Å². The summed E-state index contributed by atoms with van der Waals surface area (Å²) in [5.41, 5.74) is 4.84. The van der Waals surface area contributed by atoms with E-state index in [4.69, 9.17) is 0 Å². The normalized spacial score (nSPS) is 14.6. The molecule has 20 heavy (non-hydrogen) atoms. The average Bonchev–Trinajstić information content (AvgIpc) is 2.46. The summed E-state index contributed by atoms with van der Waals surface area (Å²) in [7, 11) is 0. The Labute approximate surface area is 126 Å². The zero-order valence-corrected chi connectivity index (χ0v) is 13.6. The van der Waals surface area contributed by atoms with E-state index in [2.05, 4.69) is 32.0 Å². The Bertz CT molecular complexity index is 389. The van der Waals surface area contributed by atoms with Gasteiger partial charge in [-0.2, -0.15) is 0 Å². The van der Waals surface area contributed by atoms with Crippen LogP contribution < -0.4 is 0 Å². The van der Waals surface area contributed by atoms with Gasteiger partial charge in [-0.25, -0.2) is 0 Å². The van der Waals surface area contributed by atoms with Crippen molar-refractivity contribution in [2.75, 3.05) is 0 Å². The van der Waals surface area contributed by atoms with Gasteiger partial charge in [0.1, 0.15) is 0 Å². The third kappa shape index (κ3) is 5.31. The molecule has 0 heteroatoms. The van der Waals surface area contributed by atoms with Crippen molar-refractivity contribution in [2.24, 2.45) is 5.92 Å². The van der Waals surface area contributed by atoms with Gasteiger partial charge in [-0.05, 0) is 61.1 Å². The number of hydrogen-bond donors (Lipinski definition) is 0. The fourth-order valence-electron chi connectivity index (χ4n) is 3.35. The molecule has 0 saturated carbocycles. The second-order valence-electron chi connectivity index (χ2n) is 7.01. The topological polar surface area (TPSA) is 0 Å². The molecule has 1 aliphatic carbocycles. The van der Waals surface area contributed by atoms with E-state index >= 15 is 0 Å². The van der Waals surface area contributed by atoms with E-state index in [1.807, 2.05) is 0 Å². The van der Waals surface area contributed by atoms with Crippen molar-refractivity contribution >= 4 is 0 Å². The van der Waals surface area contributed by atoms with E-state index in [0.717, 1.165) is 5.92 Å². The van der Waals surface area contributed by atoms with Crippen molar-refractivity contribution in [1.82, 2.24) is 0 Å². The van der Waals surface area contributed by atoms with E-state index < -0.39 is 0 Å². The van der Waals surface area contributed by atoms with Crippen molar-refractivity contribution in [3.8, 4) is 0 Å². The molecule has 0 saturated heterocycles. The molecule has 2 rings (SSSR count). The maximum absolute atomic E-state index is 2.49. The number of aryl methyl sites for hydroxylation is 3. The molecule has 0 unspecified atom stereocenters. The van der Waals surface area contributed by atoms with Crippen molar-refractivity contribution < 1.29 is 0 Å². The summed E-state index contributed by atoms with van der Waals surface area (Å²) < 4.78 is 0. The van der Waals surface area contributed by atoms with Crippen LogP contribution in [0, 0.1) is 5.92 Å². The number of fused-ring (bicyclic) bond motifs is 1. The first-order valence-corrected chi connectivity index (χ1v) is 8.86. The molecule has 0 N–H and O–H groups in total. The Balaban J connectivity index is 1.62.